The molecule has 0 rings (SSSR count). The van der Waals surface area contributed by atoms with Gasteiger partial charge in [0, 0.05) is 19.3 Å². The number of rotatable bonds is 71. The van der Waals surface area contributed by atoms with E-state index >= 15 is 0 Å². The Kier molecular flexibility index (Phi) is 69.5. The summed E-state index contributed by atoms with van der Waals surface area (Å²) in [5.74, 6) is -0.816. The molecule has 0 amide bonds. The number of hydrogen-bond acceptors (Lipinski definition) is 6. The quantitative estimate of drug-likeness (QED) is 0.0343. The maximum Gasteiger partial charge on any atom is 0.306 e. The fourth-order valence-corrected chi connectivity index (χ4v) is 12.0. The third-order valence-electron chi connectivity index (χ3n) is 17.6. The molecule has 6 nitrogen and oxygen atoms in total. The van der Waals surface area contributed by atoms with Crippen molar-refractivity contribution in [3.63, 3.8) is 0 Å². The van der Waals surface area contributed by atoms with Crippen molar-refractivity contribution in [1.29, 1.82) is 0 Å². The van der Waals surface area contributed by atoms with Crippen LogP contribution in [0.1, 0.15) is 445 Å². The number of carbonyl (C=O) groups is 3. The lowest BCUT2D eigenvalue weighted by atomic mass is 10.0. The van der Waals surface area contributed by atoms with Crippen LogP contribution >= 0.6 is 0 Å². The van der Waals surface area contributed by atoms with Gasteiger partial charge in [-0.15, -0.1) is 0 Å². The van der Waals surface area contributed by atoms with Gasteiger partial charge in [0.05, 0.1) is 0 Å². The normalized spacial score (nSPS) is 11.9. The van der Waals surface area contributed by atoms with Crippen LogP contribution in [-0.2, 0) is 28.6 Å². The summed E-state index contributed by atoms with van der Waals surface area (Å²) >= 11 is 0. The molecular formula is C75H146O6. The summed E-state index contributed by atoms with van der Waals surface area (Å²) in [4.78, 5) is 38.5. The lowest BCUT2D eigenvalue weighted by Gasteiger charge is -2.18. The van der Waals surface area contributed by atoms with Crippen molar-refractivity contribution in [2.45, 2.75) is 451 Å². The number of hydrogen-bond donors (Lipinski definition) is 0. The van der Waals surface area contributed by atoms with Crippen molar-refractivity contribution in [3.8, 4) is 0 Å². The standard InChI is InChI=1S/C75H146O6/c1-4-7-10-13-16-19-22-25-28-30-32-34-35-36-37-38-39-41-42-44-47-50-53-56-59-62-65-68-74(77)80-71-72(70-79-73(76)67-64-61-58-55-52-49-46-27-24-21-18-15-12-9-6-3)81-75(78)69-66-63-60-57-54-51-48-45-43-40-33-31-29-26-23-20-17-14-11-8-5-2/h72H,4-71H2,1-3H3. The van der Waals surface area contributed by atoms with Crippen LogP contribution in [0.25, 0.3) is 0 Å². The molecule has 1 atom stereocenters. The van der Waals surface area contributed by atoms with Gasteiger partial charge < -0.3 is 14.2 Å². The number of carbonyl (C=O) groups excluding carboxylic acids is 3. The van der Waals surface area contributed by atoms with Crippen molar-refractivity contribution in [1.82, 2.24) is 0 Å². The second-order valence-corrected chi connectivity index (χ2v) is 25.9. The van der Waals surface area contributed by atoms with Crippen LogP contribution in [-0.4, -0.2) is 37.2 Å². The van der Waals surface area contributed by atoms with Crippen molar-refractivity contribution in [3.05, 3.63) is 0 Å². The highest BCUT2D eigenvalue weighted by molar-refractivity contribution is 5.71. The molecule has 482 valence electrons. The van der Waals surface area contributed by atoms with E-state index in [-0.39, 0.29) is 31.1 Å². The third-order valence-corrected chi connectivity index (χ3v) is 17.6. The average molecular weight is 1140 g/mol. The van der Waals surface area contributed by atoms with E-state index in [9.17, 15) is 14.4 Å². The van der Waals surface area contributed by atoms with Crippen LogP contribution in [0.5, 0.6) is 0 Å². The minimum atomic E-state index is -0.764. The molecule has 0 saturated heterocycles. The summed E-state index contributed by atoms with van der Waals surface area (Å²) in [5.41, 5.74) is 0. The molecule has 0 heterocycles. The first-order valence-corrected chi connectivity index (χ1v) is 37.5. The van der Waals surface area contributed by atoms with Gasteiger partial charge in [0.2, 0.25) is 0 Å². The molecule has 0 aliphatic carbocycles. The average Bonchev–Trinajstić information content (AvgIpc) is 3.47. The lowest BCUT2D eigenvalue weighted by Crippen LogP contribution is -2.30. The minimum absolute atomic E-state index is 0.0599. The van der Waals surface area contributed by atoms with E-state index in [4.69, 9.17) is 14.2 Å². The molecule has 81 heavy (non-hydrogen) atoms. The Bertz CT molecular complexity index is 1220. The fourth-order valence-electron chi connectivity index (χ4n) is 12.0. The molecule has 0 saturated carbocycles. The smallest absolute Gasteiger partial charge is 0.306 e. The first kappa shape index (κ1) is 79.4. The third kappa shape index (κ3) is 69.1. The topological polar surface area (TPSA) is 78.9 Å². The Morgan fingerprint density at radius 3 is 0.494 bits per heavy atom. The predicted molar refractivity (Wildman–Crippen MR) is 354 cm³/mol. The Hall–Kier alpha value is -1.59. The molecule has 6 heteroatoms. The van der Waals surface area contributed by atoms with Crippen molar-refractivity contribution in [2.24, 2.45) is 0 Å². The van der Waals surface area contributed by atoms with Gasteiger partial charge in [0.1, 0.15) is 13.2 Å². The van der Waals surface area contributed by atoms with Crippen LogP contribution in [0.3, 0.4) is 0 Å². The molecule has 0 N–H and O–H groups in total. The molecule has 0 fully saturated rings. The summed E-state index contributed by atoms with van der Waals surface area (Å²) in [6.07, 6.45) is 84.3. The zero-order chi connectivity index (χ0) is 58.5. The summed E-state index contributed by atoms with van der Waals surface area (Å²) in [6, 6.07) is 0. The van der Waals surface area contributed by atoms with Crippen molar-refractivity contribution in [2.75, 3.05) is 13.2 Å². The molecule has 0 aliphatic rings. The molecule has 0 aromatic rings. The molecule has 0 aromatic carbocycles. The largest absolute Gasteiger partial charge is 0.462 e. The van der Waals surface area contributed by atoms with Gasteiger partial charge in [0.15, 0.2) is 6.10 Å². The summed E-state index contributed by atoms with van der Waals surface area (Å²) in [7, 11) is 0. The van der Waals surface area contributed by atoms with Crippen LogP contribution < -0.4 is 0 Å². The Balaban J connectivity index is 4.19. The summed E-state index contributed by atoms with van der Waals surface area (Å²) < 4.78 is 17.0. The van der Waals surface area contributed by atoms with E-state index < -0.39 is 6.10 Å². The fraction of sp³-hybridized carbons (Fsp3) is 0.960. The maximum absolute atomic E-state index is 13.0. The van der Waals surface area contributed by atoms with Gasteiger partial charge in [-0.1, -0.05) is 406 Å². The van der Waals surface area contributed by atoms with Gasteiger partial charge in [0.25, 0.3) is 0 Å². The Morgan fingerprint density at radius 2 is 0.333 bits per heavy atom. The Morgan fingerprint density at radius 1 is 0.198 bits per heavy atom. The second-order valence-electron chi connectivity index (χ2n) is 25.9. The first-order chi connectivity index (χ1) is 40.0. The maximum atomic E-state index is 13.0. The zero-order valence-corrected chi connectivity index (χ0v) is 55.6. The van der Waals surface area contributed by atoms with Crippen molar-refractivity contribution >= 4 is 17.9 Å². The molecule has 1 unspecified atom stereocenters. The molecule has 0 radical (unpaired) electrons. The van der Waals surface area contributed by atoms with Gasteiger partial charge in [-0.2, -0.15) is 0 Å². The van der Waals surface area contributed by atoms with Crippen LogP contribution in [0.2, 0.25) is 0 Å². The van der Waals surface area contributed by atoms with E-state index in [1.807, 2.05) is 0 Å². The van der Waals surface area contributed by atoms with Crippen molar-refractivity contribution < 1.29 is 28.6 Å². The highest BCUT2D eigenvalue weighted by Crippen LogP contribution is 2.20. The van der Waals surface area contributed by atoms with Gasteiger partial charge in [-0.05, 0) is 19.3 Å². The second kappa shape index (κ2) is 70.9. The monoisotopic (exact) mass is 1140 g/mol. The number of esters is 3. The van der Waals surface area contributed by atoms with Crippen LogP contribution in [0, 0.1) is 0 Å². The molecular weight excluding hydrogens is 997 g/mol. The van der Waals surface area contributed by atoms with Gasteiger partial charge >= 0.3 is 17.9 Å². The first-order valence-electron chi connectivity index (χ1n) is 37.5. The zero-order valence-electron chi connectivity index (χ0n) is 55.6. The molecule has 0 spiro atoms. The van der Waals surface area contributed by atoms with E-state index in [1.54, 1.807) is 0 Å². The SMILES string of the molecule is CCCCCCCCCCCCCCCCCCCCCCCCCCCCCC(=O)OCC(COC(=O)CCCCCCCCCCCCCCCCC)OC(=O)CCCCCCCCCCCCCCCCCCCCCCC. The van der Waals surface area contributed by atoms with E-state index in [0.717, 1.165) is 57.8 Å². The van der Waals surface area contributed by atoms with Crippen LogP contribution in [0.15, 0.2) is 0 Å². The van der Waals surface area contributed by atoms with E-state index in [1.165, 1.54) is 347 Å². The predicted octanol–water partition coefficient (Wildman–Crippen LogP) is 25.8. The summed E-state index contributed by atoms with van der Waals surface area (Å²) in [6.45, 7) is 6.76. The highest BCUT2D eigenvalue weighted by Gasteiger charge is 2.20. The number of ether oxygens (including phenoxy) is 3. The van der Waals surface area contributed by atoms with E-state index in [0.29, 0.717) is 19.3 Å². The number of unbranched alkanes of at least 4 members (excludes halogenated alkanes) is 60. The molecule has 0 aliphatic heterocycles. The van der Waals surface area contributed by atoms with Gasteiger partial charge in [-0.3, -0.25) is 14.4 Å². The summed E-state index contributed by atoms with van der Waals surface area (Å²) in [5, 5.41) is 0. The van der Waals surface area contributed by atoms with Gasteiger partial charge in [-0.25, -0.2) is 0 Å². The highest BCUT2D eigenvalue weighted by atomic mass is 16.6. The minimum Gasteiger partial charge on any atom is -0.462 e. The molecule has 0 aromatic heterocycles. The van der Waals surface area contributed by atoms with E-state index in [2.05, 4.69) is 20.8 Å². The lowest BCUT2D eigenvalue weighted by molar-refractivity contribution is -0.167. The molecule has 0 bridgehead atoms. The Labute approximate surface area is 508 Å². The van der Waals surface area contributed by atoms with Crippen LogP contribution in [0.4, 0.5) is 0 Å².